The van der Waals surface area contributed by atoms with Gasteiger partial charge in [0.15, 0.2) is 0 Å². The number of nitrogens with zero attached hydrogens (tertiary/aromatic N) is 1. The minimum atomic E-state index is 0.143. The highest BCUT2D eigenvalue weighted by molar-refractivity contribution is 8.00. The average molecular weight is 287 g/mol. The molecule has 0 amide bonds. The molecule has 0 aliphatic heterocycles. The van der Waals surface area contributed by atoms with Crippen molar-refractivity contribution in [1.29, 1.82) is 5.26 Å². The van der Waals surface area contributed by atoms with Crippen LogP contribution in [-0.4, -0.2) is 5.25 Å². The fraction of sp³-hybridized carbons (Fsp3) is 0.611. The topological polar surface area (TPSA) is 23.8 Å². The van der Waals surface area contributed by atoms with Crippen LogP contribution in [0.2, 0.25) is 0 Å². The molecule has 1 aliphatic rings. The van der Waals surface area contributed by atoms with Crippen molar-refractivity contribution in [3.63, 3.8) is 0 Å². The van der Waals surface area contributed by atoms with Gasteiger partial charge in [0, 0.05) is 10.1 Å². The summed E-state index contributed by atoms with van der Waals surface area (Å²) in [6.45, 7) is 9.03. The molecule has 1 nitrogen and oxygen atoms in total. The van der Waals surface area contributed by atoms with Crippen LogP contribution in [0.15, 0.2) is 23.1 Å². The first-order valence-electron chi connectivity index (χ1n) is 7.61. The lowest BCUT2D eigenvalue weighted by atomic mass is 9.87. The normalized spacial score (nSPS) is 23.4. The van der Waals surface area contributed by atoms with Gasteiger partial charge in [-0.1, -0.05) is 33.8 Å². The van der Waals surface area contributed by atoms with Gasteiger partial charge >= 0.3 is 0 Å². The third-order valence-corrected chi connectivity index (χ3v) is 5.62. The second-order valence-corrected chi connectivity index (χ2v) is 8.41. The van der Waals surface area contributed by atoms with Crippen molar-refractivity contribution in [3.8, 4) is 6.07 Å². The number of nitriles is 1. The van der Waals surface area contributed by atoms with Crippen molar-refractivity contribution in [2.24, 2.45) is 5.92 Å². The Morgan fingerprint density at radius 2 is 1.80 bits per heavy atom. The first-order valence-corrected chi connectivity index (χ1v) is 8.49. The molecule has 108 valence electrons. The molecule has 1 aliphatic carbocycles. The van der Waals surface area contributed by atoms with E-state index in [1.807, 2.05) is 17.8 Å². The molecule has 1 fully saturated rings. The van der Waals surface area contributed by atoms with Gasteiger partial charge in [-0.2, -0.15) is 5.26 Å². The molecule has 0 atom stereocenters. The molecule has 0 N–H and O–H groups in total. The van der Waals surface area contributed by atoms with E-state index in [9.17, 15) is 5.26 Å². The van der Waals surface area contributed by atoms with Crippen molar-refractivity contribution in [2.45, 2.75) is 68.9 Å². The zero-order valence-corrected chi connectivity index (χ0v) is 13.9. The number of hydrogen-bond acceptors (Lipinski definition) is 2. The lowest BCUT2D eigenvalue weighted by molar-refractivity contribution is 0.393. The van der Waals surface area contributed by atoms with Crippen LogP contribution >= 0.6 is 11.8 Å². The summed E-state index contributed by atoms with van der Waals surface area (Å²) in [4.78, 5) is 1.18. The van der Waals surface area contributed by atoms with Gasteiger partial charge in [-0.3, -0.25) is 0 Å². The lowest BCUT2D eigenvalue weighted by Gasteiger charge is -2.26. The van der Waals surface area contributed by atoms with Crippen LogP contribution < -0.4 is 0 Å². The second-order valence-electron chi connectivity index (χ2n) is 7.07. The third kappa shape index (κ3) is 3.79. The smallest absolute Gasteiger partial charge is 0.100 e. The van der Waals surface area contributed by atoms with Gasteiger partial charge in [-0.05, 0) is 54.7 Å². The van der Waals surface area contributed by atoms with Crippen LogP contribution in [-0.2, 0) is 5.41 Å². The van der Waals surface area contributed by atoms with Gasteiger partial charge in [-0.15, -0.1) is 11.8 Å². The highest BCUT2D eigenvalue weighted by Crippen LogP contribution is 2.38. The van der Waals surface area contributed by atoms with E-state index < -0.39 is 0 Å². The Labute approximate surface area is 127 Å². The average Bonchev–Trinajstić information content (AvgIpc) is 2.40. The predicted molar refractivity (Wildman–Crippen MR) is 87.1 cm³/mol. The van der Waals surface area contributed by atoms with Crippen LogP contribution in [0.3, 0.4) is 0 Å². The van der Waals surface area contributed by atoms with E-state index >= 15 is 0 Å². The van der Waals surface area contributed by atoms with E-state index in [-0.39, 0.29) is 5.41 Å². The van der Waals surface area contributed by atoms with E-state index in [2.05, 4.69) is 45.9 Å². The Bertz CT molecular complexity index is 499. The van der Waals surface area contributed by atoms with Crippen LogP contribution in [0.5, 0.6) is 0 Å². The van der Waals surface area contributed by atoms with E-state index in [0.717, 1.165) is 11.5 Å². The lowest BCUT2D eigenvalue weighted by Crippen LogP contribution is -2.15. The largest absolute Gasteiger partial charge is 0.192 e. The first kappa shape index (κ1) is 15.4. The molecule has 0 aromatic heterocycles. The number of thioether (sulfide) groups is 1. The van der Waals surface area contributed by atoms with Crippen molar-refractivity contribution < 1.29 is 0 Å². The summed E-state index contributed by atoms with van der Waals surface area (Å²) in [5.41, 5.74) is 2.30. The van der Waals surface area contributed by atoms with Crippen LogP contribution in [0, 0.1) is 17.2 Å². The summed E-state index contributed by atoms with van der Waals surface area (Å²) in [5, 5.41) is 10.0. The molecule has 2 rings (SSSR count). The predicted octanol–water partition coefficient (Wildman–Crippen LogP) is 5.53. The van der Waals surface area contributed by atoms with Gasteiger partial charge in [0.25, 0.3) is 0 Å². The number of rotatable bonds is 2. The van der Waals surface area contributed by atoms with E-state index in [4.69, 9.17) is 0 Å². The maximum atomic E-state index is 9.32. The molecule has 20 heavy (non-hydrogen) atoms. The van der Waals surface area contributed by atoms with Crippen molar-refractivity contribution in [1.82, 2.24) is 0 Å². The van der Waals surface area contributed by atoms with Crippen molar-refractivity contribution >= 4 is 11.8 Å². The zero-order valence-electron chi connectivity index (χ0n) is 13.1. The van der Waals surface area contributed by atoms with Gasteiger partial charge in [0.05, 0.1) is 5.56 Å². The van der Waals surface area contributed by atoms with Gasteiger partial charge in [0.2, 0.25) is 0 Å². The summed E-state index contributed by atoms with van der Waals surface area (Å²) in [5.74, 6) is 0.878. The standard InChI is InChI=1S/C18H25NS/c1-13-5-9-16(10-6-13)20-17-11-15(18(2,3)4)8-7-14(17)12-19/h7-8,11,13,16H,5-6,9-10H2,1-4H3. The van der Waals surface area contributed by atoms with Crippen LogP contribution in [0.25, 0.3) is 0 Å². The molecule has 1 aromatic carbocycles. The van der Waals surface area contributed by atoms with Gasteiger partial charge in [0.1, 0.15) is 6.07 Å². The molecular formula is C18H25NS. The summed E-state index contributed by atoms with van der Waals surface area (Å²) in [6.07, 6.45) is 5.24. The minimum Gasteiger partial charge on any atom is -0.192 e. The molecular weight excluding hydrogens is 262 g/mol. The number of hydrogen-bond donors (Lipinski definition) is 0. The third-order valence-electron chi connectivity index (χ3n) is 4.22. The van der Waals surface area contributed by atoms with Gasteiger partial charge < -0.3 is 0 Å². The highest BCUT2D eigenvalue weighted by atomic mass is 32.2. The Hall–Kier alpha value is -0.940. The molecule has 0 unspecified atom stereocenters. The molecule has 0 radical (unpaired) electrons. The Balaban J connectivity index is 2.19. The fourth-order valence-electron chi connectivity index (χ4n) is 2.71. The Morgan fingerprint density at radius 3 is 2.35 bits per heavy atom. The zero-order chi connectivity index (χ0) is 14.8. The Morgan fingerprint density at radius 1 is 1.15 bits per heavy atom. The maximum absolute atomic E-state index is 9.32. The second kappa shape index (κ2) is 6.22. The van der Waals surface area contributed by atoms with Crippen molar-refractivity contribution in [3.05, 3.63) is 29.3 Å². The maximum Gasteiger partial charge on any atom is 0.100 e. The summed E-state index contributed by atoms with van der Waals surface area (Å²) in [6, 6.07) is 8.69. The molecule has 0 saturated heterocycles. The Kier molecular flexibility index (Phi) is 4.81. The molecule has 2 heteroatoms. The molecule has 1 aromatic rings. The fourth-order valence-corrected chi connectivity index (χ4v) is 4.01. The summed E-state index contributed by atoms with van der Waals surface area (Å²) < 4.78 is 0. The summed E-state index contributed by atoms with van der Waals surface area (Å²) in [7, 11) is 0. The van der Waals surface area contributed by atoms with E-state index in [0.29, 0.717) is 5.25 Å². The number of benzene rings is 1. The highest BCUT2D eigenvalue weighted by Gasteiger charge is 2.21. The van der Waals surface area contributed by atoms with Crippen LogP contribution in [0.1, 0.15) is 64.5 Å². The molecule has 0 spiro atoms. The van der Waals surface area contributed by atoms with E-state index in [1.54, 1.807) is 0 Å². The monoisotopic (exact) mass is 287 g/mol. The van der Waals surface area contributed by atoms with Crippen molar-refractivity contribution in [2.75, 3.05) is 0 Å². The van der Waals surface area contributed by atoms with Gasteiger partial charge in [-0.25, -0.2) is 0 Å². The van der Waals surface area contributed by atoms with Crippen LogP contribution in [0.4, 0.5) is 0 Å². The quantitative estimate of drug-likeness (QED) is 0.714. The molecule has 0 heterocycles. The first-order chi connectivity index (χ1) is 9.40. The van der Waals surface area contributed by atoms with E-state index in [1.165, 1.54) is 36.1 Å². The molecule has 0 bridgehead atoms. The molecule has 1 saturated carbocycles. The minimum absolute atomic E-state index is 0.143. The summed E-state index contributed by atoms with van der Waals surface area (Å²) >= 11 is 1.93. The SMILES string of the molecule is CC1CCC(Sc2cc(C(C)(C)C)ccc2C#N)CC1.